The van der Waals surface area contributed by atoms with Crippen LogP contribution >= 0.6 is 0 Å². The zero-order chi connectivity index (χ0) is 27.8. The molecule has 3 rings (SSSR count). The number of rotatable bonds is 10. The second kappa shape index (κ2) is 13.0. The average Bonchev–Trinajstić information content (AvgIpc) is 2.99. The van der Waals surface area contributed by atoms with Crippen LogP contribution in [-0.2, 0) is 30.9 Å². The van der Waals surface area contributed by atoms with Crippen LogP contribution in [0.1, 0.15) is 45.6 Å². The lowest BCUT2D eigenvalue weighted by molar-refractivity contribution is -0.145. The summed E-state index contributed by atoms with van der Waals surface area (Å²) >= 11 is 0. The van der Waals surface area contributed by atoms with Crippen molar-refractivity contribution in [1.82, 2.24) is 9.62 Å². The molecule has 0 aromatic heterocycles. The summed E-state index contributed by atoms with van der Waals surface area (Å²) in [7, 11) is -2.77. The van der Waals surface area contributed by atoms with Gasteiger partial charge in [0.25, 0.3) is 0 Å². The Morgan fingerprint density at radius 3 is 2.53 bits per heavy atom. The van der Waals surface area contributed by atoms with E-state index in [1.807, 2.05) is 30.3 Å². The number of methoxy groups -OCH3 is 1. The first-order valence-corrected chi connectivity index (χ1v) is 14.1. The van der Waals surface area contributed by atoms with Gasteiger partial charge in [-0.1, -0.05) is 30.3 Å². The lowest BCUT2D eigenvalue weighted by Crippen LogP contribution is -2.46. The highest BCUT2D eigenvalue weighted by molar-refractivity contribution is 7.89. The molecule has 208 valence electrons. The Kier molecular flexibility index (Phi) is 9.98. The molecule has 1 atom stereocenters. The van der Waals surface area contributed by atoms with Crippen LogP contribution in [0.4, 0.5) is 10.5 Å². The van der Waals surface area contributed by atoms with Crippen LogP contribution in [-0.4, -0.2) is 63.2 Å². The summed E-state index contributed by atoms with van der Waals surface area (Å²) in [6.45, 7) is 6.43. The van der Waals surface area contributed by atoms with E-state index in [9.17, 15) is 18.0 Å². The lowest BCUT2D eigenvalue weighted by Gasteiger charge is -2.27. The van der Waals surface area contributed by atoms with Crippen molar-refractivity contribution in [2.24, 2.45) is 0 Å². The molecule has 0 fully saturated rings. The van der Waals surface area contributed by atoms with Gasteiger partial charge in [0, 0.05) is 25.7 Å². The zero-order valence-corrected chi connectivity index (χ0v) is 23.2. The van der Waals surface area contributed by atoms with Gasteiger partial charge in [-0.3, -0.25) is 4.79 Å². The van der Waals surface area contributed by atoms with E-state index in [1.54, 1.807) is 32.9 Å². The van der Waals surface area contributed by atoms with Gasteiger partial charge in [0.1, 0.15) is 28.9 Å². The van der Waals surface area contributed by atoms with E-state index in [1.165, 1.54) is 17.5 Å². The predicted molar refractivity (Wildman–Crippen MR) is 143 cm³/mol. The largest absolute Gasteiger partial charge is 0.489 e. The molecule has 0 aliphatic carbocycles. The summed E-state index contributed by atoms with van der Waals surface area (Å²) in [5.41, 5.74) is 0.819. The fourth-order valence-corrected chi connectivity index (χ4v) is 5.82. The smallest absolute Gasteiger partial charge is 0.407 e. The van der Waals surface area contributed by atoms with E-state index in [-0.39, 0.29) is 17.9 Å². The molecule has 1 heterocycles. The molecule has 0 saturated heterocycles. The van der Waals surface area contributed by atoms with Crippen LogP contribution in [0.3, 0.4) is 0 Å². The number of anilines is 1. The van der Waals surface area contributed by atoms with Gasteiger partial charge in [0.05, 0.1) is 12.8 Å². The second-order valence-electron chi connectivity index (χ2n) is 9.94. The molecule has 0 bridgehead atoms. The van der Waals surface area contributed by atoms with Gasteiger partial charge in [-0.05, 0) is 57.7 Å². The number of carbonyl (C=O) groups is 2. The van der Waals surface area contributed by atoms with Crippen molar-refractivity contribution < 1.29 is 32.2 Å². The van der Waals surface area contributed by atoms with E-state index >= 15 is 0 Å². The van der Waals surface area contributed by atoms with Crippen molar-refractivity contribution in [1.29, 1.82) is 0 Å². The van der Waals surface area contributed by atoms with Crippen LogP contribution in [0, 0.1) is 0 Å². The van der Waals surface area contributed by atoms with Crippen LogP contribution in [0.5, 0.6) is 5.75 Å². The third-order valence-electron chi connectivity index (χ3n) is 5.83. The van der Waals surface area contributed by atoms with Crippen molar-refractivity contribution in [2.75, 3.05) is 32.1 Å². The molecule has 10 nitrogen and oxygen atoms in total. The summed E-state index contributed by atoms with van der Waals surface area (Å²) in [6.07, 6.45) is 0.758. The number of esters is 1. The van der Waals surface area contributed by atoms with Gasteiger partial charge in [-0.25, -0.2) is 13.2 Å². The van der Waals surface area contributed by atoms with Crippen molar-refractivity contribution in [3.63, 3.8) is 0 Å². The highest BCUT2D eigenvalue weighted by Gasteiger charge is 2.38. The van der Waals surface area contributed by atoms with Gasteiger partial charge in [0.2, 0.25) is 10.0 Å². The van der Waals surface area contributed by atoms with Crippen molar-refractivity contribution in [3.05, 3.63) is 54.1 Å². The zero-order valence-electron chi connectivity index (χ0n) is 22.4. The molecular formula is C27H37N3O7S. The Bertz CT molecular complexity index is 1200. The van der Waals surface area contributed by atoms with Crippen LogP contribution in [0.25, 0.3) is 0 Å². The predicted octanol–water partition coefficient (Wildman–Crippen LogP) is 3.92. The quantitative estimate of drug-likeness (QED) is 0.339. The minimum Gasteiger partial charge on any atom is -0.489 e. The Morgan fingerprint density at radius 2 is 1.84 bits per heavy atom. The van der Waals surface area contributed by atoms with E-state index in [0.29, 0.717) is 44.0 Å². The molecular weight excluding hydrogens is 510 g/mol. The number of hydrogen-bond donors (Lipinski definition) is 2. The monoisotopic (exact) mass is 547 g/mol. The number of ether oxygens (including phenoxy) is 3. The summed E-state index contributed by atoms with van der Waals surface area (Å²) in [5, 5.41) is 5.82. The number of carbonyl (C=O) groups excluding carboxylic acids is 2. The maximum Gasteiger partial charge on any atom is 0.407 e. The number of fused-ring (bicyclic) bond motifs is 1. The minimum atomic E-state index is -4.01. The van der Waals surface area contributed by atoms with E-state index in [2.05, 4.69) is 10.6 Å². The number of unbranched alkanes of at least 4 members (excludes halogenated alkanes) is 1. The molecule has 2 N–H and O–H groups in total. The number of nitrogens with zero attached hydrogens (tertiary/aromatic N) is 1. The maximum absolute atomic E-state index is 13.7. The molecule has 1 amide bonds. The lowest BCUT2D eigenvalue weighted by atomic mass is 10.1. The van der Waals surface area contributed by atoms with Crippen molar-refractivity contribution in [2.45, 2.75) is 63.2 Å². The molecule has 0 spiro atoms. The second-order valence-corrected chi connectivity index (χ2v) is 11.8. The normalized spacial score (nSPS) is 15.8. The van der Waals surface area contributed by atoms with E-state index in [0.717, 1.165) is 5.56 Å². The fourth-order valence-electron chi connectivity index (χ4n) is 4.06. The Balaban J connectivity index is 1.67. The average molecular weight is 548 g/mol. The van der Waals surface area contributed by atoms with Gasteiger partial charge in [-0.2, -0.15) is 4.31 Å². The van der Waals surface area contributed by atoms with Crippen molar-refractivity contribution in [3.8, 4) is 5.75 Å². The molecule has 2 aromatic carbocycles. The Labute approximate surface area is 224 Å². The molecule has 38 heavy (non-hydrogen) atoms. The highest BCUT2D eigenvalue weighted by Crippen LogP contribution is 2.33. The Morgan fingerprint density at radius 1 is 1.11 bits per heavy atom. The highest BCUT2D eigenvalue weighted by atomic mass is 32.2. The summed E-state index contributed by atoms with van der Waals surface area (Å²) < 4.78 is 44.5. The van der Waals surface area contributed by atoms with E-state index < -0.39 is 33.7 Å². The maximum atomic E-state index is 13.7. The number of sulfonamides is 1. The third-order valence-corrected chi connectivity index (χ3v) is 7.79. The molecule has 1 aliphatic heterocycles. The molecule has 0 saturated carbocycles. The Hall–Kier alpha value is -3.31. The first-order valence-electron chi connectivity index (χ1n) is 12.6. The molecule has 2 aromatic rings. The topological polar surface area (TPSA) is 123 Å². The first kappa shape index (κ1) is 29.2. The SMILES string of the molecule is COC(=O)[C@@H](CCCCNC(=O)OC(C)(C)C)N1CCNc2cc(OCc3ccccc3)ccc2S1(=O)=O. The van der Waals surface area contributed by atoms with Gasteiger partial charge in [0.15, 0.2) is 0 Å². The van der Waals surface area contributed by atoms with Gasteiger partial charge < -0.3 is 24.8 Å². The number of hydrogen-bond acceptors (Lipinski definition) is 8. The summed E-state index contributed by atoms with van der Waals surface area (Å²) in [5.74, 6) is -0.0919. The van der Waals surface area contributed by atoms with Crippen molar-refractivity contribution >= 4 is 27.8 Å². The van der Waals surface area contributed by atoms with E-state index in [4.69, 9.17) is 14.2 Å². The fraction of sp³-hybridized carbons (Fsp3) is 0.481. The minimum absolute atomic E-state index is 0.0718. The summed E-state index contributed by atoms with van der Waals surface area (Å²) in [4.78, 5) is 24.6. The molecule has 1 aliphatic rings. The number of benzene rings is 2. The third kappa shape index (κ3) is 8.09. The number of amides is 1. The van der Waals surface area contributed by atoms with Crippen LogP contribution in [0.15, 0.2) is 53.4 Å². The van der Waals surface area contributed by atoms with Gasteiger partial charge in [-0.15, -0.1) is 0 Å². The molecule has 0 unspecified atom stereocenters. The summed E-state index contributed by atoms with van der Waals surface area (Å²) in [6, 6.07) is 13.4. The first-order chi connectivity index (χ1) is 18.0. The van der Waals surface area contributed by atoms with Gasteiger partial charge >= 0.3 is 12.1 Å². The standard InChI is InChI=1S/C27H37N3O7S/c1-27(2,3)37-26(32)29-15-9-8-12-23(25(31)35-4)30-17-16-28-22-18-21(13-14-24(22)38(30,33)34)36-19-20-10-6-5-7-11-20/h5-7,10-11,13-14,18,23,28H,8-9,12,15-17,19H2,1-4H3,(H,29,32)/t23-/m1/s1. The molecule has 0 radical (unpaired) electrons. The number of alkyl carbamates (subject to hydrolysis) is 1. The molecule has 11 heteroatoms. The van der Waals surface area contributed by atoms with Crippen LogP contribution in [0.2, 0.25) is 0 Å². The van der Waals surface area contributed by atoms with Crippen LogP contribution < -0.4 is 15.4 Å². The number of nitrogens with one attached hydrogen (secondary N) is 2.